The molecule has 2 amide bonds. The molecule has 5 nitrogen and oxygen atoms in total. The first kappa shape index (κ1) is 18.5. The van der Waals surface area contributed by atoms with Crippen molar-refractivity contribution >= 4 is 34.5 Å². The van der Waals surface area contributed by atoms with Gasteiger partial charge >= 0.3 is 0 Å². The number of para-hydroxylation sites is 2. The number of carbonyl (C=O) groups excluding carboxylic acids is 2. The van der Waals surface area contributed by atoms with Gasteiger partial charge in [0.1, 0.15) is 6.04 Å². The SMILES string of the molecule is CC(NC(=O)c1cccs1)C(=O)Nc1ccccc1N1CCCCCC1. The van der Waals surface area contributed by atoms with Crippen LogP contribution < -0.4 is 15.5 Å². The molecule has 2 heterocycles. The fraction of sp³-hybridized carbons (Fsp3) is 0.400. The molecule has 0 radical (unpaired) electrons. The van der Waals surface area contributed by atoms with Crippen molar-refractivity contribution in [1.82, 2.24) is 5.32 Å². The maximum Gasteiger partial charge on any atom is 0.261 e. The lowest BCUT2D eigenvalue weighted by molar-refractivity contribution is -0.117. The summed E-state index contributed by atoms with van der Waals surface area (Å²) in [5.74, 6) is -0.430. The maximum atomic E-state index is 12.6. The van der Waals surface area contributed by atoms with Crippen molar-refractivity contribution in [2.75, 3.05) is 23.3 Å². The number of rotatable bonds is 5. The van der Waals surface area contributed by atoms with Crippen LogP contribution in [0.2, 0.25) is 0 Å². The first-order valence-corrected chi connectivity index (χ1v) is 10.0. The average molecular weight is 372 g/mol. The molecule has 1 saturated heterocycles. The third kappa shape index (κ3) is 4.64. The Labute approximate surface area is 158 Å². The van der Waals surface area contributed by atoms with Crippen LogP contribution in [0.25, 0.3) is 0 Å². The molecule has 2 N–H and O–H groups in total. The second-order valence-corrected chi connectivity index (χ2v) is 7.53. The highest BCUT2D eigenvalue weighted by Gasteiger charge is 2.20. The van der Waals surface area contributed by atoms with Crippen LogP contribution in [0.1, 0.15) is 42.3 Å². The topological polar surface area (TPSA) is 61.4 Å². The second-order valence-electron chi connectivity index (χ2n) is 6.58. The van der Waals surface area contributed by atoms with Crippen LogP contribution in [-0.2, 0) is 4.79 Å². The number of hydrogen-bond donors (Lipinski definition) is 2. The summed E-state index contributed by atoms with van der Waals surface area (Å²) >= 11 is 1.36. The van der Waals surface area contributed by atoms with Gasteiger partial charge in [0.2, 0.25) is 5.91 Å². The summed E-state index contributed by atoms with van der Waals surface area (Å²) in [5, 5.41) is 7.59. The van der Waals surface area contributed by atoms with Gasteiger partial charge in [-0.15, -0.1) is 11.3 Å². The first-order chi connectivity index (χ1) is 12.6. The van der Waals surface area contributed by atoms with Crippen LogP contribution in [-0.4, -0.2) is 30.9 Å². The van der Waals surface area contributed by atoms with E-state index in [0.717, 1.165) is 24.5 Å². The van der Waals surface area contributed by atoms with E-state index in [1.54, 1.807) is 13.0 Å². The van der Waals surface area contributed by atoms with Gasteiger partial charge in [0, 0.05) is 13.1 Å². The van der Waals surface area contributed by atoms with E-state index in [1.807, 2.05) is 29.6 Å². The monoisotopic (exact) mass is 371 g/mol. The Kier molecular flexibility index (Phi) is 6.28. The molecule has 1 aromatic heterocycles. The standard InChI is InChI=1S/C20H25N3O2S/c1-15(21-20(25)18-11-8-14-26-18)19(24)22-16-9-4-5-10-17(16)23-12-6-2-3-7-13-23/h4-5,8-11,14-15H,2-3,6-7,12-13H2,1H3,(H,21,25)(H,22,24). The van der Waals surface area contributed by atoms with Crippen LogP contribution in [0.5, 0.6) is 0 Å². The third-order valence-corrected chi connectivity index (χ3v) is 5.46. The van der Waals surface area contributed by atoms with E-state index < -0.39 is 6.04 Å². The molecule has 26 heavy (non-hydrogen) atoms. The molecular weight excluding hydrogens is 346 g/mol. The predicted octanol–water partition coefficient (Wildman–Crippen LogP) is 3.89. The lowest BCUT2D eigenvalue weighted by atomic mass is 10.2. The summed E-state index contributed by atoms with van der Waals surface area (Å²) in [6, 6.07) is 10.9. The van der Waals surface area contributed by atoms with Crippen molar-refractivity contribution in [2.45, 2.75) is 38.6 Å². The Bertz CT molecular complexity index is 737. The third-order valence-electron chi connectivity index (χ3n) is 4.59. The van der Waals surface area contributed by atoms with E-state index in [9.17, 15) is 9.59 Å². The minimum Gasteiger partial charge on any atom is -0.370 e. The number of thiophene rings is 1. The molecule has 0 spiro atoms. The van der Waals surface area contributed by atoms with Gasteiger partial charge in [-0.25, -0.2) is 0 Å². The van der Waals surface area contributed by atoms with Crippen molar-refractivity contribution in [3.8, 4) is 0 Å². The van der Waals surface area contributed by atoms with Gasteiger partial charge < -0.3 is 15.5 Å². The van der Waals surface area contributed by atoms with E-state index in [2.05, 4.69) is 21.6 Å². The maximum absolute atomic E-state index is 12.6. The molecule has 138 valence electrons. The Balaban J connectivity index is 1.66. The second kappa shape index (κ2) is 8.85. The molecule has 0 bridgehead atoms. The molecular formula is C20H25N3O2S. The van der Waals surface area contributed by atoms with Crippen molar-refractivity contribution in [3.05, 3.63) is 46.7 Å². The lowest BCUT2D eigenvalue weighted by Crippen LogP contribution is -2.41. The van der Waals surface area contributed by atoms with E-state index >= 15 is 0 Å². The number of anilines is 2. The zero-order valence-corrected chi connectivity index (χ0v) is 15.8. The smallest absolute Gasteiger partial charge is 0.261 e. The highest BCUT2D eigenvalue weighted by Crippen LogP contribution is 2.28. The molecule has 0 saturated carbocycles. The minimum atomic E-state index is -0.609. The van der Waals surface area contributed by atoms with Gasteiger partial charge in [0.15, 0.2) is 0 Å². The Morgan fingerprint density at radius 3 is 2.46 bits per heavy atom. The van der Waals surface area contributed by atoms with E-state index in [0.29, 0.717) is 4.88 Å². The molecule has 1 aromatic carbocycles. The number of nitrogens with zero attached hydrogens (tertiary/aromatic N) is 1. The quantitative estimate of drug-likeness (QED) is 0.838. The lowest BCUT2D eigenvalue weighted by Gasteiger charge is -2.26. The molecule has 1 unspecified atom stereocenters. The highest BCUT2D eigenvalue weighted by molar-refractivity contribution is 7.12. The molecule has 2 aromatic rings. The fourth-order valence-electron chi connectivity index (χ4n) is 3.15. The summed E-state index contributed by atoms with van der Waals surface area (Å²) in [6.07, 6.45) is 4.87. The number of hydrogen-bond acceptors (Lipinski definition) is 4. The normalized spacial score (nSPS) is 15.8. The van der Waals surface area contributed by atoms with Gasteiger partial charge in [0.25, 0.3) is 5.91 Å². The molecule has 1 aliphatic heterocycles. The summed E-state index contributed by atoms with van der Waals surface area (Å²) in [6.45, 7) is 3.73. The molecule has 3 rings (SSSR count). The summed E-state index contributed by atoms with van der Waals surface area (Å²) in [5.41, 5.74) is 1.86. The first-order valence-electron chi connectivity index (χ1n) is 9.14. The highest BCUT2D eigenvalue weighted by atomic mass is 32.1. The van der Waals surface area contributed by atoms with E-state index in [1.165, 1.54) is 37.0 Å². The average Bonchev–Trinajstić information content (AvgIpc) is 3.05. The van der Waals surface area contributed by atoms with Gasteiger partial charge in [0.05, 0.1) is 16.3 Å². The zero-order chi connectivity index (χ0) is 18.4. The van der Waals surface area contributed by atoms with E-state index in [4.69, 9.17) is 0 Å². The molecule has 1 fully saturated rings. The van der Waals surface area contributed by atoms with Gasteiger partial charge in [-0.05, 0) is 43.3 Å². The van der Waals surface area contributed by atoms with Crippen LogP contribution in [0.3, 0.4) is 0 Å². The Morgan fingerprint density at radius 2 is 1.77 bits per heavy atom. The largest absolute Gasteiger partial charge is 0.370 e. The number of amides is 2. The van der Waals surface area contributed by atoms with Crippen molar-refractivity contribution in [2.24, 2.45) is 0 Å². The van der Waals surface area contributed by atoms with Gasteiger partial charge in [-0.3, -0.25) is 9.59 Å². The summed E-state index contributed by atoms with van der Waals surface area (Å²) in [7, 11) is 0. The molecule has 0 aliphatic carbocycles. The zero-order valence-electron chi connectivity index (χ0n) is 15.0. The van der Waals surface area contributed by atoms with Crippen molar-refractivity contribution < 1.29 is 9.59 Å². The van der Waals surface area contributed by atoms with Gasteiger partial charge in [-0.2, -0.15) is 0 Å². The number of benzene rings is 1. The van der Waals surface area contributed by atoms with E-state index in [-0.39, 0.29) is 11.8 Å². The van der Waals surface area contributed by atoms with Crippen molar-refractivity contribution in [3.63, 3.8) is 0 Å². The Morgan fingerprint density at radius 1 is 1.04 bits per heavy atom. The predicted molar refractivity (Wildman–Crippen MR) is 107 cm³/mol. The Hall–Kier alpha value is -2.34. The van der Waals surface area contributed by atoms with Crippen LogP contribution in [0, 0.1) is 0 Å². The van der Waals surface area contributed by atoms with Gasteiger partial charge in [-0.1, -0.05) is 31.0 Å². The van der Waals surface area contributed by atoms with Crippen molar-refractivity contribution in [1.29, 1.82) is 0 Å². The minimum absolute atomic E-state index is 0.211. The van der Waals surface area contributed by atoms with Crippen LogP contribution >= 0.6 is 11.3 Å². The van der Waals surface area contributed by atoms with Crippen LogP contribution in [0.15, 0.2) is 41.8 Å². The molecule has 6 heteroatoms. The number of nitrogens with one attached hydrogen (secondary N) is 2. The summed E-state index contributed by atoms with van der Waals surface area (Å²) < 4.78 is 0. The molecule has 1 atom stereocenters. The van der Waals surface area contributed by atoms with Crippen LogP contribution in [0.4, 0.5) is 11.4 Å². The fourth-order valence-corrected chi connectivity index (χ4v) is 3.78. The summed E-state index contributed by atoms with van der Waals surface area (Å²) in [4.78, 5) is 27.7. The number of carbonyl (C=O) groups is 2. The molecule has 1 aliphatic rings.